The third kappa shape index (κ3) is 28.4. The van der Waals surface area contributed by atoms with Gasteiger partial charge in [0.05, 0.1) is 25.4 Å². The maximum atomic E-state index is 13.0. The number of aliphatic hydroxyl groups excluding tert-OH is 6. The zero-order valence-corrected chi connectivity index (χ0v) is 37.4. The van der Waals surface area contributed by atoms with Crippen LogP contribution >= 0.6 is 0 Å². The van der Waals surface area contributed by atoms with Crippen molar-refractivity contribution < 1.29 is 44.9 Å². The van der Waals surface area contributed by atoms with Gasteiger partial charge in [-0.05, 0) is 19.3 Å². The maximum Gasteiger partial charge on any atom is 0.249 e. The molecule has 1 fully saturated rings. The number of amides is 1. The lowest BCUT2D eigenvalue weighted by atomic mass is 9.99. The zero-order valence-electron chi connectivity index (χ0n) is 37.4. The summed E-state index contributed by atoms with van der Waals surface area (Å²) in [6, 6.07) is -0.974. The summed E-state index contributed by atoms with van der Waals surface area (Å²) in [6.07, 6.45) is 34.5. The zero-order chi connectivity index (χ0) is 42.5. The number of carbonyl (C=O) groups excluding carboxylic acids is 1. The molecule has 7 N–H and O–H groups in total. The van der Waals surface area contributed by atoms with Crippen molar-refractivity contribution in [3.05, 3.63) is 12.2 Å². The van der Waals surface area contributed by atoms with Gasteiger partial charge in [0.1, 0.15) is 30.5 Å². The van der Waals surface area contributed by atoms with Crippen LogP contribution in [-0.2, 0) is 14.3 Å². The smallest absolute Gasteiger partial charge is 0.249 e. The fraction of sp³-hybridized carbons (Fsp3) is 0.938. The molecule has 0 bridgehead atoms. The van der Waals surface area contributed by atoms with Crippen molar-refractivity contribution in [3.63, 3.8) is 0 Å². The highest BCUT2D eigenvalue weighted by molar-refractivity contribution is 5.80. The number of allylic oxidation sites excluding steroid dienone is 1. The van der Waals surface area contributed by atoms with Crippen LogP contribution in [0.2, 0.25) is 0 Å². The largest absolute Gasteiger partial charge is 0.394 e. The van der Waals surface area contributed by atoms with E-state index in [4.69, 9.17) is 9.47 Å². The van der Waals surface area contributed by atoms with Crippen LogP contribution in [0, 0.1) is 0 Å². The molecule has 10 nitrogen and oxygen atoms in total. The molecule has 1 aliphatic heterocycles. The van der Waals surface area contributed by atoms with Crippen molar-refractivity contribution in [3.8, 4) is 0 Å². The quantitative estimate of drug-likeness (QED) is 0.0235. The number of hydrogen-bond acceptors (Lipinski definition) is 9. The first-order valence-electron chi connectivity index (χ1n) is 24.5. The van der Waals surface area contributed by atoms with Gasteiger partial charge in [-0.3, -0.25) is 4.79 Å². The van der Waals surface area contributed by atoms with Crippen LogP contribution in [-0.4, -0.2) is 98.7 Å². The van der Waals surface area contributed by atoms with Gasteiger partial charge in [0.25, 0.3) is 0 Å². The highest BCUT2D eigenvalue weighted by atomic mass is 16.7. The number of ether oxygens (including phenoxy) is 2. The molecule has 0 radical (unpaired) electrons. The van der Waals surface area contributed by atoms with E-state index < -0.39 is 61.5 Å². The van der Waals surface area contributed by atoms with Crippen LogP contribution in [0.25, 0.3) is 0 Å². The second-order valence-electron chi connectivity index (χ2n) is 17.4. The summed E-state index contributed by atoms with van der Waals surface area (Å²) in [5, 5.41) is 64.6. The minimum atomic E-state index is -1.61. The van der Waals surface area contributed by atoms with Crippen LogP contribution < -0.4 is 5.32 Å². The molecule has 1 aliphatic rings. The summed E-state index contributed by atoms with van der Waals surface area (Å²) >= 11 is 0. The summed E-state index contributed by atoms with van der Waals surface area (Å²) in [6.45, 7) is 3.60. The van der Waals surface area contributed by atoms with Gasteiger partial charge in [-0.25, -0.2) is 0 Å². The molecule has 0 spiro atoms. The summed E-state index contributed by atoms with van der Waals surface area (Å²) in [5.74, 6) is -0.614. The van der Waals surface area contributed by atoms with Crippen molar-refractivity contribution in [2.24, 2.45) is 0 Å². The van der Waals surface area contributed by atoms with Crippen molar-refractivity contribution in [1.82, 2.24) is 5.32 Å². The lowest BCUT2D eigenvalue weighted by molar-refractivity contribution is -0.302. The number of nitrogens with one attached hydrogen (secondary N) is 1. The summed E-state index contributed by atoms with van der Waals surface area (Å²) in [5.41, 5.74) is 0. The third-order valence-electron chi connectivity index (χ3n) is 12.0. The molecule has 0 aromatic carbocycles. The van der Waals surface area contributed by atoms with Crippen LogP contribution in [0.4, 0.5) is 0 Å². The van der Waals surface area contributed by atoms with E-state index in [1.54, 1.807) is 6.08 Å². The molecule has 1 rings (SSSR count). The standard InChI is InChI=1S/C48H93NO9/c1-3-5-7-9-11-13-15-16-17-18-19-20-21-22-23-24-25-27-29-31-33-35-37-42(52)47(56)49-40(39-57-48-46(55)45(54)44(53)43(38-50)58-48)41(51)36-34-32-30-28-26-14-12-10-8-6-4-2/h34,36,40-46,48,50-55H,3-33,35,37-39H2,1-2H3,(H,49,56)/b36-34+. The van der Waals surface area contributed by atoms with E-state index >= 15 is 0 Å². The first-order chi connectivity index (χ1) is 28.3. The van der Waals surface area contributed by atoms with Gasteiger partial charge < -0.3 is 45.4 Å². The molecule has 1 saturated heterocycles. The predicted octanol–water partition coefficient (Wildman–Crippen LogP) is 9.48. The van der Waals surface area contributed by atoms with Crippen molar-refractivity contribution in [2.75, 3.05) is 13.2 Å². The minimum Gasteiger partial charge on any atom is -0.394 e. The third-order valence-corrected chi connectivity index (χ3v) is 12.0. The molecule has 1 heterocycles. The lowest BCUT2D eigenvalue weighted by Gasteiger charge is -2.40. The van der Waals surface area contributed by atoms with E-state index in [1.165, 1.54) is 161 Å². The van der Waals surface area contributed by atoms with Gasteiger partial charge >= 0.3 is 0 Å². The van der Waals surface area contributed by atoms with Crippen molar-refractivity contribution in [1.29, 1.82) is 0 Å². The fourth-order valence-electron chi connectivity index (χ4n) is 7.93. The molecule has 8 unspecified atom stereocenters. The van der Waals surface area contributed by atoms with E-state index in [-0.39, 0.29) is 6.61 Å². The van der Waals surface area contributed by atoms with Gasteiger partial charge in [0.15, 0.2) is 6.29 Å². The Morgan fingerprint density at radius 2 is 0.983 bits per heavy atom. The van der Waals surface area contributed by atoms with E-state index in [2.05, 4.69) is 19.2 Å². The van der Waals surface area contributed by atoms with E-state index in [9.17, 15) is 35.4 Å². The van der Waals surface area contributed by atoms with Crippen molar-refractivity contribution in [2.45, 2.75) is 275 Å². The Bertz CT molecular complexity index is 937. The summed E-state index contributed by atoms with van der Waals surface area (Å²) in [4.78, 5) is 13.0. The normalized spacial score (nSPS) is 21.4. The lowest BCUT2D eigenvalue weighted by Crippen LogP contribution is -2.60. The Kier molecular flexibility index (Phi) is 36.7. The molecule has 8 atom stereocenters. The molecule has 344 valence electrons. The molecule has 58 heavy (non-hydrogen) atoms. The first-order valence-corrected chi connectivity index (χ1v) is 24.5. The molecule has 0 aliphatic carbocycles. The maximum absolute atomic E-state index is 13.0. The molecule has 0 aromatic rings. The minimum absolute atomic E-state index is 0.301. The monoisotopic (exact) mass is 828 g/mol. The van der Waals surface area contributed by atoms with Crippen LogP contribution in [0.3, 0.4) is 0 Å². The fourth-order valence-corrected chi connectivity index (χ4v) is 7.93. The Balaban J connectivity index is 2.29. The highest BCUT2D eigenvalue weighted by Crippen LogP contribution is 2.23. The Morgan fingerprint density at radius 1 is 0.586 bits per heavy atom. The van der Waals surface area contributed by atoms with Gasteiger partial charge in [-0.15, -0.1) is 0 Å². The first kappa shape index (κ1) is 54.9. The average molecular weight is 828 g/mol. The second-order valence-corrected chi connectivity index (χ2v) is 17.4. The topological polar surface area (TPSA) is 169 Å². The highest BCUT2D eigenvalue weighted by Gasteiger charge is 2.44. The molecule has 0 aromatic heterocycles. The second kappa shape index (κ2) is 38.8. The number of hydrogen-bond donors (Lipinski definition) is 7. The number of unbranched alkanes of at least 4 members (excludes halogenated alkanes) is 30. The number of rotatable bonds is 41. The van der Waals surface area contributed by atoms with E-state index in [0.717, 1.165) is 44.9 Å². The molecule has 1 amide bonds. The van der Waals surface area contributed by atoms with E-state index in [0.29, 0.717) is 6.42 Å². The van der Waals surface area contributed by atoms with Crippen LogP contribution in [0.1, 0.15) is 226 Å². The van der Waals surface area contributed by atoms with Gasteiger partial charge in [-0.2, -0.15) is 0 Å². The Labute approximate surface area is 355 Å². The average Bonchev–Trinajstić information content (AvgIpc) is 3.22. The Morgan fingerprint density at radius 3 is 1.40 bits per heavy atom. The number of carbonyl (C=O) groups is 1. The van der Waals surface area contributed by atoms with E-state index in [1.807, 2.05) is 6.08 Å². The SMILES string of the molecule is CCCCCCCCCCC/C=C/C(O)C(COC1OC(CO)C(O)C(O)C1O)NC(=O)C(O)CCCCCCCCCCCCCCCCCCCCCCCC. The Hall–Kier alpha value is -1.11. The molecular weight excluding hydrogens is 735 g/mol. The van der Waals surface area contributed by atoms with Gasteiger partial charge in [-0.1, -0.05) is 219 Å². The van der Waals surface area contributed by atoms with Gasteiger partial charge in [0.2, 0.25) is 5.91 Å². The van der Waals surface area contributed by atoms with Crippen LogP contribution in [0.5, 0.6) is 0 Å². The predicted molar refractivity (Wildman–Crippen MR) is 237 cm³/mol. The molecule has 0 saturated carbocycles. The summed E-state index contributed by atoms with van der Waals surface area (Å²) < 4.78 is 11.1. The number of aliphatic hydroxyl groups is 6. The van der Waals surface area contributed by atoms with Gasteiger partial charge in [0, 0.05) is 0 Å². The molecular formula is C48H93NO9. The summed E-state index contributed by atoms with van der Waals surface area (Å²) in [7, 11) is 0. The molecule has 10 heteroatoms. The van der Waals surface area contributed by atoms with Crippen molar-refractivity contribution >= 4 is 5.91 Å². The van der Waals surface area contributed by atoms with Crippen LogP contribution in [0.15, 0.2) is 12.2 Å².